The molecule has 0 bridgehead atoms. The highest BCUT2D eigenvalue weighted by Gasteiger charge is 2.22. The third kappa shape index (κ3) is 3.70. The van der Waals surface area contributed by atoms with Crippen molar-refractivity contribution in [2.75, 3.05) is 53.5 Å². The molecule has 0 amide bonds. The molecule has 0 radical (unpaired) electrons. The summed E-state index contributed by atoms with van der Waals surface area (Å²) in [5, 5.41) is 0. The van der Waals surface area contributed by atoms with E-state index in [1.165, 1.54) is 0 Å². The van der Waals surface area contributed by atoms with Gasteiger partial charge in [-0.1, -0.05) is 0 Å². The van der Waals surface area contributed by atoms with Gasteiger partial charge in [-0.15, -0.1) is 0 Å². The van der Waals surface area contributed by atoms with Gasteiger partial charge in [-0.05, 0) is 26.9 Å². The first-order valence-electron chi connectivity index (χ1n) is 6.34. The summed E-state index contributed by atoms with van der Waals surface area (Å²) >= 11 is 0. The molecule has 0 spiro atoms. The number of ether oxygens (including phenoxy) is 2. The zero-order chi connectivity index (χ0) is 11.4. The molecule has 2 atom stereocenters. The molecule has 0 saturated carbocycles. The van der Waals surface area contributed by atoms with Crippen molar-refractivity contribution in [3.8, 4) is 0 Å². The van der Waals surface area contributed by atoms with Crippen LogP contribution in [0.3, 0.4) is 0 Å². The Bertz CT molecular complexity index is 191. The van der Waals surface area contributed by atoms with Crippen molar-refractivity contribution in [2.45, 2.75) is 25.0 Å². The SMILES string of the molecule is CN1CCOC(CCC2CN(C)CCO2)C1. The highest BCUT2D eigenvalue weighted by atomic mass is 16.5. The fourth-order valence-electron chi connectivity index (χ4n) is 2.45. The summed E-state index contributed by atoms with van der Waals surface area (Å²) in [4.78, 5) is 4.70. The summed E-state index contributed by atoms with van der Waals surface area (Å²) in [6, 6.07) is 0. The van der Waals surface area contributed by atoms with E-state index in [0.717, 1.165) is 52.2 Å². The van der Waals surface area contributed by atoms with Crippen LogP contribution in [0.1, 0.15) is 12.8 Å². The van der Waals surface area contributed by atoms with Gasteiger partial charge in [0.15, 0.2) is 0 Å². The van der Waals surface area contributed by atoms with Crippen molar-refractivity contribution in [1.29, 1.82) is 0 Å². The average molecular weight is 228 g/mol. The summed E-state index contributed by atoms with van der Waals surface area (Å²) in [5.41, 5.74) is 0. The minimum atomic E-state index is 0.412. The molecule has 2 saturated heterocycles. The molecule has 94 valence electrons. The van der Waals surface area contributed by atoms with Crippen molar-refractivity contribution in [3.63, 3.8) is 0 Å². The van der Waals surface area contributed by atoms with Gasteiger partial charge < -0.3 is 19.3 Å². The Morgan fingerprint density at radius 2 is 1.31 bits per heavy atom. The highest BCUT2D eigenvalue weighted by molar-refractivity contribution is 4.74. The van der Waals surface area contributed by atoms with E-state index in [9.17, 15) is 0 Å². The van der Waals surface area contributed by atoms with E-state index in [2.05, 4.69) is 23.9 Å². The van der Waals surface area contributed by atoms with Gasteiger partial charge in [-0.25, -0.2) is 0 Å². The minimum Gasteiger partial charge on any atom is -0.376 e. The Kier molecular flexibility index (Phi) is 4.58. The van der Waals surface area contributed by atoms with Gasteiger partial charge in [-0.2, -0.15) is 0 Å². The standard InChI is InChI=1S/C12H24N2O2/c1-13-5-7-15-11(9-13)3-4-12-10-14(2)6-8-16-12/h11-12H,3-10H2,1-2H3. The zero-order valence-electron chi connectivity index (χ0n) is 10.5. The van der Waals surface area contributed by atoms with Crippen LogP contribution < -0.4 is 0 Å². The van der Waals surface area contributed by atoms with Gasteiger partial charge in [0.1, 0.15) is 0 Å². The van der Waals surface area contributed by atoms with Crippen LogP contribution in [-0.4, -0.2) is 75.5 Å². The van der Waals surface area contributed by atoms with Gasteiger partial charge in [0, 0.05) is 26.2 Å². The zero-order valence-corrected chi connectivity index (χ0v) is 10.5. The molecule has 0 aliphatic carbocycles. The summed E-state index contributed by atoms with van der Waals surface area (Å²) in [6.07, 6.45) is 3.08. The second-order valence-electron chi connectivity index (χ2n) is 5.09. The number of morpholine rings is 2. The molecule has 2 aliphatic heterocycles. The molecule has 2 heterocycles. The Morgan fingerprint density at radius 1 is 0.875 bits per heavy atom. The van der Waals surface area contributed by atoms with E-state index in [1.54, 1.807) is 0 Å². The van der Waals surface area contributed by atoms with Gasteiger partial charge >= 0.3 is 0 Å². The molecular weight excluding hydrogens is 204 g/mol. The predicted molar refractivity (Wildman–Crippen MR) is 63.7 cm³/mol. The number of likely N-dealkylation sites (N-methyl/N-ethyl adjacent to an activating group) is 2. The second kappa shape index (κ2) is 5.96. The monoisotopic (exact) mass is 228 g/mol. The molecule has 4 heteroatoms. The summed E-state index contributed by atoms with van der Waals surface area (Å²) < 4.78 is 11.5. The molecule has 0 aromatic carbocycles. The van der Waals surface area contributed by atoms with Crippen molar-refractivity contribution >= 4 is 0 Å². The van der Waals surface area contributed by atoms with Gasteiger partial charge in [0.2, 0.25) is 0 Å². The number of hydrogen-bond acceptors (Lipinski definition) is 4. The molecule has 2 rings (SSSR count). The molecule has 0 N–H and O–H groups in total. The van der Waals surface area contributed by atoms with E-state index in [0.29, 0.717) is 12.2 Å². The lowest BCUT2D eigenvalue weighted by Gasteiger charge is -2.33. The number of hydrogen-bond donors (Lipinski definition) is 0. The van der Waals surface area contributed by atoms with Gasteiger partial charge in [-0.3, -0.25) is 0 Å². The summed E-state index contributed by atoms with van der Waals surface area (Å²) in [5.74, 6) is 0. The van der Waals surface area contributed by atoms with Crippen LogP contribution in [0.25, 0.3) is 0 Å². The van der Waals surface area contributed by atoms with Crippen LogP contribution in [0.15, 0.2) is 0 Å². The summed E-state index contributed by atoms with van der Waals surface area (Å²) in [7, 11) is 4.33. The Balaban J connectivity index is 1.66. The molecule has 16 heavy (non-hydrogen) atoms. The van der Waals surface area contributed by atoms with Crippen molar-refractivity contribution in [3.05, 3.63) is 0 Å². The third-order valence-electron chi connectivity index (χ3n) is 3.49. The van der Waals surface area contributed by atoms with Crippen LogP contribution in [0, 0.1) is 0 Å². The van der Waals surface area contributed by atoms with Gasteiger partial charge in [0.05, 0.1) is 25.4 Å². The molecular formula is C12H24N2O2. The van der Waals surface area contributed by atoms with E-state index < -0.39 is 0 Å². The van der Waals surface area contributed by atoms with Crippen LogP contribution in [0.5, 0.6) is 0 Å². The highest BCUT2D eigenvalue weighted by Crippen LogP contribution is 2.14. The lowest BCUT2D eigenvalue weighted by atomic mass is 10.1. The molecule has 2 unspecified atom stereocenters. The smallest absolute Gasteiger partial charge is 0.0703 e. The van der Waals surface area contributed by atoms with Crippen LogP contribution in [0.4, 0.5) is 0 Å². The van der Waals surface area contributed by atoms with E-state index in [1.807, 2.05) is 0 Å². The number of rotatable bonds is 3. The van der Waals surface area contributed by atoms with E-state index in [4.69, 9.17) is 9.47 Å². The second-order valence-corrected chi connectivity index (χ2v) is 5.09. The van der Waals surface area contributed by atoms with Crippen molar-refractivity contribution in [1.82, 2.24) is 9.80 Å². The molecule has 0 aromatic rings. The first-order chi connectivity index (χ1) is 7.74. The maximum atomic E-state index is 5.76. The van der Waals surface area contributed by atoms with Crippen LogP contribution >= 0.6 is 0 Å². The molecule has 2 fully saturated rings. The average Bonchev–Trinajstić information content (AvgIpc) is 2.27. The molecule has 4 nitrogen and oxygen atoms in total. The first kappa shape index (κ1) is 12.3. The van der Waals surface area contributed by atoms with E-state index >= 15 is 0 Å². The molecule has 2 aliphatic rings. The topological polar surface area (TPSA) is 24.9 Å². The normalized spacial score (nSPS) is 34.1. The first-order valence-corrected chi connectivity index (χ1v) is 6.34. The minimum absolute atomic E-state index is 0.412. The molecule has 0 aromatic heterocycles. The Labute approximate surface area is 98.5 Å². The van der Waals surface area contributed by atoms with E-state index in [-0.39, 0.29) is 0 Å². The fourth-order valence-corrected chi connectivity index (χ4v) is 2.45. The van der Waals surface area contributed by atoms with Crippen LogP contribution in [-0.2, 0) is 9.47 Å². The van der Waals surface area contributed by atoms with Crippen molar-refractivity contribution in [2.24, 2.45) is 0 Å². The fraction of sp³-hybridized carbons (Fsp3) is 1.00. The van der Waals surface area contributed by atoms with Gasteiger partial charge in [0.25, 0.3) is 0 Å². The number of nitrogens with zero attached hydrogens (tertiary/aromatic N) is 2. The quantitative estimate of drug-likeness (QED) is 0.699. The third-order valence-corrected chi connectivity index (χ3v) is 3.49. The van der Waals surface area contributed by atoms with Crippen LogP contribution in [0.2, 0.25) is 0 Å². The maximum absolute atomic E-state index is 5.76. The predicted octanol–water partition coefficient (Wildman–Crippen LogP) is 0.428. The lowest BCUT2D eigenvalue weighted by molar-refractivity contribution is -0.0523. The Morgan fingerprint density at radius 3 is 1.69 bits per heavy atom. The summed E-state index contributed by atoms with van der Waals surface area (Å²) in [6.45, 7) is 6.04. The van der Waals surface area contributed by atoms with Crippen molar-refractivity contribution < 1.29 is 9.47 Å². The maximum Gasteiger partial charge on any atom is 0.0703 e. The largest absolute Gasteiger partial charge is 0.376 e. The lowest BCUT2D eigenvalue weighted by Crippen LogP contribution is -2.42. The Hall–Kier alpha value is -0.160.